The van der Waals surface area contributed by atoms with E-state index >= 15 is 0 Å². The van der Waals surface area contributed by atoms with Crippen LogP contribution in [0.25, 0.3) is 0 Å². The van der Waals surface area contributed by atoms with Crippen molar-refractivity contribution in [3.63, 3.8) is 0 Å². The maximum atomic E-state index is 12.3. The number of nitrogens with zero attached hydrogens (tertiary/aromatic N) is 1. The zero-order valence-corrected chi connectivity index (χ0v) is 12.7. The molecule has 1 heterocycles. The van der Waals surface area contributed by atoms with Crippen molar-refractivity contribution < 1.29 is 4.79 Å². The van der Waals surface area contributed by atoms with E-state index in [1.165, 1.54) is 12.8 Å². The first-order valence-corrected chi connectivity index (χ1v) is 7.71. The first kappa shape index (κ1) is 14.9. The number of rotatable bonds is 5. The lowest BCUT2D eigenvalue weighted by Crippen LogP contribution is -2.31. The minimum atomic E-state index is 0.288. The smallest absolute Gasteiger partial charge is 0.222 e. The second kappa shape index (κ2) is 6.29. The van der Waals surface area contributed by atoms with Crippen molar-refractivity contribution >= 4 is 11.6 Å². The summed E-state index contributed by atoms with van der Waals surface area (Å²) in [5, 5.41) is 0. The predicted octanol–water partition coefficient (Wildman–Crippen LogP) is 3.24. The second-order valence-corrected chi connectivity index (χ2v) is 6.02. The van der Waals surface area contributed by atoms with Crippen LogP contribution in [0.3, 0.4) is 0 Å². The average Bonchev–Trinajstić information content (AvgIpc) is 2.90. The van der Waals surface area contributed by atoms with Crippen molar-refractivity contribution in [2.45, 2.75) is 46.0 Å². The highest BCUT2D eigenvalue weighted by molar-refractivity contribution is 5.76. The first-order valence-electron chi connectivity index (χ1n) is 7.71. The van der Waals surface area contributed by atoms with Gasteiger partial charge in [0.05, 0.1) is 0 Å². The molecule has 1 aliphatic heterocycles. The van der Waals surface area contributed by atoms with Crippen molar-refractivity contribution in [1.29, 1.82) is 0 Å². The van der Waals surface area contributed by atoms with Gasteiger partial charge < -0.3 is 10.6 Å². The number of amides is 1. The lowest BCUT2D eigenvalue weighted by atomic mass is 9.82. The molecule has 0 spiro atoms. The summed E-state index contributed by atoms with van der Waals surface area (Å²) >= 11 is 0. The topological polar surface area (TPSA) is 46.3 Å². The lowest BCUT2D eigenvalue weighted by molar-refractivity contribution is -0.130. The van der Waals surface area contributed by atoms with E-state index in [0.717, 1.165) is 37.2 Å². The summed E-state index contributed by atoms with van der Waals surface area (Å²) in [5.41, 5.74) is 8.05. The molecular formula is C17H26N2O. The van der Waals surface area contributed by atoms with Crippen LogP contribution >= 0.6 is 0 Å². The van der Waals surface area contributed by atoms with E-state index in [9.17, 15) is 4.79 Å². The highest BCUT2D eigenvalue weighted by Crippen LogP contribution is 2.37. The second-order valence-electron chi connectivity index (χ2n) is 6.02. The number of carbonyl (C=O) groups is 1. The third-order valence-corrected chi connectivity index (χ3v) is 4.87. The predicted molar refractivity (Wildman–Crippen MR) is 83.4 cm³/mol. The van der Waals surface area contributed by atoms with E-state index < -0.39 is 0 Å². The molecule has 2 rings (SSSR count). The Bertz CT molecular complexity index is 466. The number of nitrogens with two attached hydrogens (primary N) is 1. The molecule has 110 valence electrons. The van der Waals surface area contributed by atoms with Gasteiger partial charge >= 0.3 is 0 Å². The van der Waals surface area contributed by atoms with Crippen LogP contribution in [0.15, 0.2) is 24.3 Å². The Labute approximate surface area is 122 Å². The van der Waals surface area contributed by atoms with E-state index in [0.29, 0.717) is 11.8 Å². The van der Waals surface area contributed by atoms with Crippen molar-refractivity contribution in [3.05, 3.63) is 29.8 Å². The number of nitrogen functional groups attached to an aromatic ring is 1. The molecule has 0 atom stereocenters. The summed E-state index contributed by atoms with van der Waals surface area (Å²) in [6.07, 6.45) is 4.87. The van der Waals surface area contributed by atoms with E-state index in [1.807, 2.05) is 24.3 Å². The standard InChI is InChI=1S/C17H26N2O/c1-3-17(4-2)10-11-19(13-17)16(20)9-8-14-6-5-7-15(18)12-14/h5-7,12H,3-4,8-11,13,18H2,1-2H3. The minimum absolute atomic E-state index is 0.288. The Morgan fingerprint density at radius 2 is 2.10 bits per heavy atom. The fourth-order valence-corrected chi connectivity index (χ4v) is 3.13. The Kier molecular flexibility index (Phi) is 4.69. The van der Waals surface area contributed by atoms with Gasteiger partial charge in [-0.3, -0.25) is 4.79 Å². The fourth-order valence-electron chi connectivity index (χ4n) is 3.13. The molecule has 3 nitrogen and oxygen atoms in total. The number of carbonyl (C=O) groups excluding carboxylic acids is 1. The summed E-state index contributed by atoms with van der Waals surface area (Å²) in [7, 11) is 0. The molecule has 1 fully saturated rings. The van der Waals surface area contributed by atoms with Gasteiger partial charge in [-0.1, -0.05) is 26.0 Å². The molecule has 1 amide bonds. The number of benzene rings is 1. The van der Waals surface area contributed by atoms with E-state index in [1.54, 1.807) is 0 Å². The highest BCUT2D eigenvalue weighted by atomic mass is 16.2. The van der Waals surface area contributed by atoms with Crippen molar-refractivity contribution in [2.24, 2.45) is 5.41 Å². The zero-order valence-electron chi connectivity index (χ0n) is 12.7. The molecule has 0 aliphatic carbocycles. The lowest BCUT2D eigenvalue weighted by Gasteiger charge is -2.26. The van der Waals surface area contributed by atoms with Gasteiger partial charge in [0, 0.05) is 25.2 Å². The number of hydrogen-bond donors (Lipinski definition) is 1. The molecule has 0 bridgehead atoms. The summed E-state index contributed by atoms with van der Waals surface area (Å²) in [4.78, 5) is 14.4. The molecule has 20 heavy (non-hydrogen) atoms. The highest BCUT2D eigenvalue weighted by Gasteiger charge is 2.36. The van der Waals surface area contributed by atoms with Gasteiger partial charge in [0.2, 0.25) is 5.91 Å². The largest absolute Gasteiger partial charge is 0.399 e. The van der Waals surface area contributed by atoms with Gasteiger partial charge in [0.1, 0.15) is 0 Å². The van der Waals surface area contributed by atoms with Gasteiger partial charge in [-0.05, 0) is 48.8 Å². The summed E-state index contributed by atoms with van der Waals surface area (Å²) < 4.78 is 0. The van der Waals surface area contributed by atoms with Crippen LogP contribution in [0.5, 0.6) is 0 Å². The molecule has 1 aliphatic rings. The molecule has 3 heteroatoms. The number of aryl methyl sites for hydroxylation is 1. The fraction of sp³-hybridized carbons (Fsp3) is 0.588. The summed E-state index contributed by atoms with van der Waals surface area (Å²) in [6.45, 7) is 6.35. The van der Waals surface area contributed by atoms with Gasteiger partial charge in [-0.25, -0.2) is 0 Å². The molecular weight excluding hydrogens is 248 g/mol. The van der Waals surface area contributed by atoms with Gasteiger partial charge in [0.15, 0.2) is 0 Å². The van der Waals surface area contributed by atoms with Gasteiger partial charge in [-0.2, -0.15) is 0 Å². The van der Waals surface area contributed by atoms with Crippen LogP contribution < -0.4 is 5.73 Å². The number of anilines is 1. The monoisotopic (exact) mass is 274 g/mol. The molecule has 0 saturated carbocycles. The molecule has 1 aromatic carbocycles. The minimum Gasteiger partial charge on any atom is -0.399 e. The number of hydrogen-bond acceptors (Lipinski definition) is 2. The first-order chi connectivity index (χ1) is 9.58. The normalized spacial score (nSPS) is 17.4. The molecule has 1 aromatic rings. The molecule has 0 aromatic heterocycles. The SMILES string of the molecule is CCC1(CC)CCN(C(=O)CCc2cccc(N)c2)C1. The summed E-state index contributed by atoms with van der Waals surface area (Å²) in [6, 6.07) is 7.82. The van der Waals surface area contributed by atoms with Gasteiger partial charge in [-0.15, -0.1) is 0 Å². The van der Waals surface area contributed by atoms with Gasteiger partial charge in [0.25, 0.3) is 0 Å². The molecule has 0 unspecified atom stereocenters. The zero-order chi connectivity index (χ0) is 14.6. The molecule has 0 radical (unpaired) electrons. The van der Waals surface area contributed by atoms with Crippen molar-refractivity contribution in [1.82, 2.24) is 4.90 Å². The van der Waals surface area contributed by atoms with Crippen LogP contribution in [-0.2, 0) is 11.2 Å². The Morgan fingerprint density at radius 3 is 2.70 bits per heavy atom. The molecule has 2 N–H and O–H groups in total. The third kappa shape index (κ3) is 3.33. The van der Waals surface area contributed by atoms with Crippen LogP contribution in [0.2, 0.25) is 0 Å². The van der Waals surface area contributed by atoms with Crippen LogP contribution in [0, 0.1) is 5.41 Å². The van der Waals surface area contributed by atoms with Crippen LogP contribution in [0.1, 0.15) is 45.1 Å². The van der Waals surface area contributed by atoms with E-state index in [2.05, 4.69) is 18.7 Å². The van der Waals surface area contributed by atoms with Crippen LogP contribution in [-0.4, -0.2) is 23.9 Å². The van der Waals surface area contributed by atoms with Crippen molar-refractivity contribution in [3.8, 4) is 0 Å². The maximum Gasteiger partial charge on any atom is 0.222 e. The quantitative estimate of drug-likeness (QED) is 0.838. The average molecular weight is 274 g/mol. The third-order valence-electron chi connectivity index (χ3n) is 4.87. The van der Waals surface area contributed by atoms with E-state index in [4.69, 9.17) is 5.73 Å². The molecule has 1 saturated heterocycles. The number of likely N-dealkylation sites (tertiary alicyclic amines) is 1. The Balaban J connectivity index is 1.87. The summed E-state index contributed by atoms with van der Waals surface area (Å²) in [5.74, 6) is 0.288. The maximum absolute atomic E-state index is 12.3. The van der Waals surface area contributed by atoms with Crippen LogP contribution in [0.4, 0.5) is 5.69 Å². The Morgan fingerprint density at radius 1 is 1.35 bits per heavy atom. The Hall–Kier alpha value is -1.51. The van der Waals surface area contributed by atoms with Crippen molar-refractivity contribution in [2.75, 3.05) is 18.8 Å². The van der Waals surface area contributed by atoms with E-state index in [-0.39, 0.29) is 5.91 Å².